The topological polar surface area (TPSA) is 42.2 Å². The van der Waals surface area contributed by atoms with E-state index in [4.69, 9.17) is 5.73 Å². The molecule has 1 aliphatic carbocycles. The summed E-state index contributed by atoms with van der Waals surface area (Å²) in [4.78, 5) is 6.69. The molecule has 94 valence electrons. The lowest BCUT2D eigenvalue weighted by Crippen LogP contribution is -2.27. The fraction of sp³-hybridized carbons (Fsp3) is 0.643. The van der Waals surface area contributed by atoms with Crippen molar-refractivity contribution in [3.63, 3.8) is 0 Å². The highest BCUT2D eigenvalue weighted by atomic mass is 15.2. The molecular weight excluding hydrogens is 210 g/mol. The molecule has 0 atom stereocenters. The second-order valence-electron chi connectivity index (χ2n) is 5.28. The SMILES string of the molecule is Cc1cnc(N(C)CC2CCCCC2)cc1N. The summed E-state index contributed by atoms with van der Waals surface area (Å²) in [6.45, 7) is 3.10. The Kier molecular flexibility index (Phi) is 3.87. The van der Waals surface area contributed by atoms with Gasteiger partial charge in [0.2, 0.25) is 0 Å². The number of rotatable bonds is 3. The van der Waals surface area contributed by atoms with Gasteiger partial charge in [-0.1, -0.05) is 19.3 Å². The molecule has 2 rings (SSSR count). The standard InChI is InChI=1S/C14H23N3/c1-11-9-16-14(8-13(11)15)17(2)10-12-6-4-3-5-7-12/h8-9,12H,3-7,10H2,1-2H3,(H2,15,16). The Labute approximate surface area is 104 Å². The first kappa shape index (κ1) is 12.2. The molecule has 0 aromatic carbocycles. The zero-order valence-corrected chi connectivity index (χ0v) is 10.9. The summed E-state index contributed by atoms with van der Waals surface area (Å²) in [7, 11) is 2.12. The van der Waals surface area contributed by atoms with E-state index in [1.807, 2.05) is 19.2 Å². The monoisotopic (exact) mass is 233 g/mol. The third-order valence-corrected chi connectivity index (χ3v) is 3.78. The molecule has 0 saturated heterocycles. The highest BCUT2D eigenvalue weighted by Crippen LogP contribution is 2.26. The Hall–Kier alpha value is -1.25. The second-order valence-corrected chi connectivity index (χ2v) is 5.28. The Morgan fingerprint density at radius 1 is 1.35 bits per heavy atom. The molecular formula is C14H23N3. The zero-order chi connectivity index (χ0) is 12.3. The van der Waals surface area contributed by atoms with Crippen molar-refractivity contribution in [3.05, 3.63) is 17.8 Å². The number of hydrogen-bond donors (Lipinski definition) is 1. The van der Waals surface area contributed by atoms with E-state index in [-0.39, 0.29) is 0 Å². The van der Waals surface area contributed by atoms with Crippen LogP contribution in [0.2, 0.25) is 0 Å². The Morgan fingerprint density at radius 3 is 2.71 bits per heavy atom. The maximum Gasteiger partial charge on any atom is 0.130 e. The molecule has 2 N–H and O–H groups in total. The first-order valence-corrected chi connectivity index (χ1v) is 6.60. The van der Waals surface area contributed by atoms with Crippen LogP contribution in [0.4, 0.5) is 11.5 Å². The van der Waals surface area contributed by atoms with Crippen molar-refractivity contribution in [2.75, 3.05) is 24.2 Å². The summed E-state index contributed by atoms with van der Waals surface area (Å²) in [5.41, 5.74) is 7.82. The molecule has 1 saturated carbocycles. The van der Waals surface area contributed by atoms with Crippen LogP contribution < -0.4 is 10.6 Å². The predicted molar refractivity (Wildman–Crippen MR) is 73.2 cm³/mol. The van der Waals surface area contributed by atoms with Gasteiger partial charge in [0.25, 0.3) is 0 Å². The fourth-order valence-corrected chi connectivity index (χ4v) is 2.59. The molecule has 1 heterocycles. The molecule has 0 aliphatic heterocycles. The van der Waals surface area contributed by atoms with E-state index in [0.29, 0.717) is 0 Å². The van der Waals surface area contributed by atoms with Crippen molar-refractivity contribution in [3.8, 4) is 0 Å². The van der Waals surface area contributed by atoms with Crippen LogP contribution in [0.25, 0.3) is 0 Å². The number of hydrogen-bond acceptors (Lipinski definition) is 3. The molecule has 0 amide bonds. The molecule has 0 radical (unpaired) electrons. The minimum Gasteiger partial charge on any atom is -0.398 e. The lowest BCUT2D eigenvalue weighted by molar-refractivity contribution is 0.361. The second kappa shape index (κ2) is 5.39. The van der Waals surface area contributed by atoms with Gasteiger partial charge < -0.3 is 10.6 Å². The van der Waals surface area contributed by atoms with Crippen LogP contribution in [-0.2, 0) is 0 Å². The van der Waals surface area contributed by atoms with Gasteiger partial charge in [-0.05, 0) is 31.2 Å². The summed E-state index contributed by atoms with van der Waals surface area (Å²) in [5, 5.41) is 0. The molecule has 1 aliphatic rings. The van der Waals surface area contributed by atoms with E-state index in [0.717, 1.165) is 29.5 Å². The minimum absolute atomic E-state index is 0.832. The zero-order valence-electron chi connectivity index (χ0n) is 10.9. The lowest BCUT2D eigenvalue weighted by Gasteiger charge is -2.27. The van der Waals surface area contributed by atoms with E-state index in [9.17, 15) is 0 Å². The number of nitrogens with zero attached hydrogens (tertiary/aromatic N) is 2. The number of nitrogens with two attached hydrogens (primary N) is 1. The third-order valence-electron chi connectivity index (χ3n) is 3.78. The van der Waals surface area contributed by atoms with E-state index >= 15 is 0 Å². The van der Waals surface area contributed by atoms with E-state index < -0.39 is 0 Å². The van der Waals surface area contributed by atoms with E-state index in [2.05, 4.69) is 16.9 Å². The number of nitrogen functional groups attached to an aromatic ring is 1. The van der Waals surface area contributed by atoms with Gasteiger partial charge in [0.15, 0.2) is 0 Å². The number of pyridine rings is 1. The highest BCUT2D eigenvalue weighted by Gasteiger charge is 2.16. The largest absolute Gasteiger partial charge is 0.398 e. The summed E-state index contributed by atoms with van der Waals surface area (Å²) in [6, 6.07) is 1.98. The number of aromatic nitrogens is 1. The van der Waals surface area contributed by atoms with Gasteiger partial charge >= 0.3 is 0 Å². The van der Waals surface area contributed by atoms with Crippen LogP contribution in [0.1, 0.15) is 37.7 Å². The molecule has 1 fully saturated rings. The van der Waals surface area contributed by atoms with Crippen molar-refractivity contribution in [2.24, 2.45) is 5.92 Å². The highest BCUT2D eigenvalue weighted by molar-refractivity contribution is 5.54. The van der Waals surface area contributed by atoms with E-state index in [1.165, 1.54) is 32.1 Å². The molecule has 0 unspecified atom stereocenters. The quantitative estimate of drug-likeness (QED) is 0.872. The van der Waals surface area contributed by atoms with Crippen LogP contribution in [-0.4, -0.2) is 18.6 Å². The van der Waals surface area contributed by atoms with Gasteiger partial charge in [-0.25, -0.2) is 4.98 Å². The van der Waals surface area contributed by atoms with Crippen LogP contribution in [0.3, 0.4) is 0 Å². The third kappa shape index (κ3) is 3.11. The van der Waals surface area contributed by atoms with E-state index in [1.54, 1.807) is 0 Å². The molecule has 17 heavy (non-hydrogen) atoms. The average Bonchev–Trinajstić information content (AvgIpc) is 2.34. The summed E-state index contributed by atoms with van der Waals surface area (Å²) >= 11 is 0. The average molecular weight is 233 g/mol. The number of aryl methyl sites for hydroxylation is 1. The minimum atomic E-state index is 0.832. The van der Waals surface area contributed by atoms with Crippen LogP contribution in [0, 0.1) is 12.8 Å². The van der Waals surface area contributed by atoms with Gasteiger partial charge in [0.1, 0.15) is 5.82 Å². The van der Waals surface area contributed by atoms with Crippen molar-refractivity contribution in [2.45, 2.75) is 39.0 Å². The Morgan fingerprint density at radius 2 is 2.06 bits per heavy atom. The van der Waals surface area contributed by atoms with Gasteiger partial charge in [-0.15, -0.1) is 0 Å². The van der Waals surface area contributed by atoms with Gasteiger partial charge in [0.05, 0.1) is 0 Å². The maximum atomic E-state index is 5.92. The van der Waals surface area contributed by atoms with Crippen LogP contribution >= 0.6 is 0 Å². The number of anilines is 2. The summed E-state index contributed by atoms with van der Waals surface area (Å²) < 4.78 is 0. The smallest absolute Gasteiger partial charge is 0.130 e. The normalized spacial score (nSPS) is 17.1. The van der Waals surface area contributed by atoms with Crippen molar-refractivity contribution in [1.29, 1.82) is 0 Å². The van der Waals surface area contributed by atoms with Crippen molar-refractivity contribution in [1.82, 2.24) is 4.98 Å². The lowest BCUT2D eigenvalue weighted by atomic mass is 9.89. The molecule has 0 bridgehead atoms. The molecule has 3 heteroatoms. The molecule has 3 nitrogen and oxygen atoms in total. The van der Waals surface area contributed by atoms with Gasteiger partial charge in [0, 0.05) is 31.5 Å². The Bertz CT molecular complexity index is 370. The van der Waals surface area contributed by atoms with Crippen molar-refractivity contribution < 1.29 is 0 Å². The summed E-state index contributed by atoms with van der Waals surface area (Å²) in [5.74, 6) is 1.83. The fourth-order valence-electron chi connectivity index (χ4n) is 2.59. The predicted octanol–water partition coefficient (Wildman–Crippen LogP) is 2.99. The maximum absolute atomic E-state index is 5.92. The van der Waals surface area contributed by atoms with Crippen LogP contribution in [0.15, 0.2) is 12.3 Å². The first-order chi connectivity index (χ1) is 8.16. The van der Waals surface area contributed by atoms with Gasteiger partial charge in [-0.2, -0.15) is 0 Å². The van der Waals surface area contributed by atoms with Gasteiger partial charge in [-0.3, -0.25) is 0 Å². The Balaban J connectivity index is 1.98. The molecule has 0 spiro atoms. The van der Waals surface area contributed by atoms with Crippen LogP contribution in [0.5, 0.6) is 0 Å². The first-order valence-electron chi connectivity index (χ1n) is 6.60. The summed E-state index contributed by atoms with van der Waals surface area (Å²) in [6.07, 6.45) is 8.79. The molecule has 1 aromatic rings. The molecule has 1 aromatic heterocycles. The van der Waals surface area contributed by atoms with Crippen molar-refractivity contribution >= 4 is 11.5 Å².